The zero-order valence-electron chi connectivity index (χ0n) is 17.8. The minimum Gasteiger partial charge on any atom is -0.437 e. The Hall–Kier alpha value is -2.79. The van der Waals surface area contributed by atoms with E-state index in [9.17, 15) is 9.59 Å². The number of benzene rings is 2. The fourth-order valence-corrected chi connectivity index (χ4v) is 6.47. The molecule has 0 N–H and O–H groups in total. The van der Waals surface area contributed by atoms with Gasteiger partial charge in [0.25, 0.3) is 0 Å². The summed E-state index contributed by atoms with van der Waals surface area (Å²) in [4.78, 5) is 35.7. The molecule has 3 aromatic rings. The maximum atomic E-state index is 13.4. The molecule has 3 saturated carbocycles. The lowest BCUT2D eigenvalue weighted by Crippen LogP contribution is -2.24. The predicted molar refractivity (Wildman–Crippen MR) is 121 cm³/mol. The molecule has 1 heterocycles. The molecule has 2 aromatic carbocycles. The highest BCUT2D eigenvalue weighted by Gasteiger charge is 2.61. The van der Waals surface area contributed by atoms with E-state index in [-0.39, 0.29) is 23.4 Å². The number of nitrogens with zero attached hydrogens (tertiary/aromatic N) is 2. The summed E-state index contributed by atoms with van der Waals surface area (Å²) in [5, 5.41) is 0.601. The van der Waals surface area contributed by atoms with Gasteiger partial charge in [0.2, 0.25) is 5.88 Å². The molecule has 3 aliphatic carbocycles. The molecule has 1 unspecified atom stereocenters. The first-order valence-electron chi connectivity index (χ1n) is 11.3. The summed E-state index contributed by atoms with van der Waals surface area (Å²) in [6.07, 6.45) is 5.54. The van der Waals surface area contributed by atoms with Crippen LogP contribution in [0.25, 0.3) is 11.0 Å². The van der Waals surface area contributed by atoms with Crippen molar-refractivity contribution in [3.05, 3.63) is 58.7 Å². The van der Waals surface area contributed by atoms with Crippen LogP contribution in [0.4, 0.5) is 0 Å². The largest absolute Gasteiger partial charge is 0.437 e. The lowest BCUT2D eigenvalue weighted by Gasteiger charge is -2.21. The van der Waals surface area contributed by atoms with E-state index in [2.05, 4.69) is 9.97 Å². The molecule has 32 heavy (non-hydrogen) atoms. The first kappa shape index (κ1) is 19.9. The zero-order chi connectivity index (χ0) is 22.0. The number of halogens is 1. The van der Waals surface area contributed by atoms with E-state index < -0.39 is 5.92 Å². The van der Waals surface area contributed by atoms with E-state index in [1.807, 2.05) is 25.1 Å². The Labute approximate surface area is 191 Å². The van der Waals surface area contributed by atoms with E-state index in [1.165, 1.54) is 0 Å². The van der Waals surface area contributed by atoms with Crippen molar-refractivity contribution in [2.24, 2.45) is 23.7 Å². The second-order valence-corrected chi connectivity index (χ2v) is 9.72. The van der Waals surface area contributed by atoms with Crippen LogP contribution in [0.5, 0.6) is 11.6 Å². The van der Waals surface area contributed by atoms with Crippen LogP contribution < -0.4 is 4.74 Å². The van der Waals surface area contributed by atoms with E-state index in [0.29, 0.717) is 39.5 Å². The van der Waals surface area contributed by atoms with Gasteiger partial charge in [-0.15, -0.1) is 0 Å². The van der Waals surface area contributed by atoms with E-state index in [0.717, 1.165) is 36.8 Å². The molecule has 6 rings (SSSR count). The molecule has 1 aromatic heterocycles. The van der Waals surface area contributed by atoms with Crippen molar-refractivity contribution >= 4 is 34.2 Å². The van der Waals surface area contributed by atoms with Crippen LogP contribution >= 0.6 is 11.6 Å². The van der Waals surface area contributed by atoms with Crippen molar-refractivity contribution in [2.45, 2.75) is 38.5 Å². The van der Waals surface area contributed by atoms with Gasteiger partial charge in [-0.25, -0.2) is 9.97 Å². The monoisotopic (exact) mass is 446 g/mol. The average molecular weight is 447 g/mol. The van der Waals surface area contributed by atoms with Crippen LogP contribution in [0.2, 0.25) is 5.02 Å². The molecule has 0 aliphatic heterocycles. The second-order valence-electron chi connectivity index (χ2n) is 9.28. The van der Waals surface area contributed by atoms with E-state index >= 15 is 0 Å². The van der Waals surface area contributed by atoms with Crippen LogP contribution in [0.3, 0.4) is 0 Å². The number of aryl methyl sites for hydroxylation is 1. The lowest BCUT2D eigenvalue weighted by atomic mass is 9.81. The van der Waals surface area contributed by atoms with Crippen LogP contribution in [0.1, 0.15) is 43.2 Å². The van der Waals surface area contributed by atoms with Gasteiger partial charge >= 0.3 is 0 Å². The third-order valence-corrected chi connectivity index (χ3v) is 7.89. The van der Waals surface area contributed by atoms with Gasteiger partial charge < -0.3 is 4.74 Å². The Morgan fingerprint density at radius 1 is 1.00 bits per heavy atom. The average Bonchev–Trinajstić information content (AvgIpc) is 3.47. The highest BCUT2D eigenvalue weighted by molar-refractivity contribution is 6.31. The van der Waals surface area contributed by atoms with Gasteiger partial charge in [0.05, 0.1) is 17.2 Å². The fourth-order valence-electron chi connectivity index (χ4n) is 6.31. The minimum atomic E-state index is -0.656. The molecular weight excluding hydrogens is 424 g/mol. The first-order chi connectivity index (χ1) is 15.5. The van der Waals surface area contributed by atoms with Crippen molar-refractivity contribution in [1.82, 2.24) is 9.97 Å². The maximum absolute atomic E-state index is 13.4. The Balaban J connectivity index is 1.34. The van der Waals surface area contributed by atoms with Gasteiger partial charge in [-0.2, -0.15) is 0 Å². The van der Waals surface area contributed by atoms with Crippen LogP contribution in [-0.4, -0.2) is 21.5 Å². The Bertz CT molecular complexity index is 1250. The summed E-state index contributed by atoms with van der Waals surface area (Å²) in [5.41, 5.74) is 3.20. The van der Waals surface area contributed by atoms with Crippen molar-refractivity contribution in [3.8, 4) is 11.6 Å². The molecule has 3 fully saturated rings. The van der Waals surface area contributed by atoms with Crippen molar-refractivity contribution in [2.75, 3.05) is 0 Å². The zero-order valence-corrected chi connectivity index (χ0v) is 18.5. The molecular formula is C26H23ClN2O3. The number of fused-ring (bicyclic) bond motifs is 6. The molecule has 5 nitrogen and oxygen atoms in total. The number of Topliss-reactive ketones (excluding diaryl/α,β-unsaturated/α-hetero) is 2. The predicted octanol–water partition coefficient (Wildman–Crippen LogP) is 5.54. The van der Waals surface area contributed by atoms with Gasteiger partial charge in [0.1, 0.15) is 11.7 Å². The highest BCUT2D eigenvalue weighted by atomic mass is 35.5. The summed E-state index contributed by atoms with van der Waals surface area (Å²) >= 11 is 6.02. The number of hydrogen-bond donors (Lipinski definition) is 0. The number of ketones is 2. The lowest BCUT2D eigenvalue weighted by molar-refractivity contribution is -0.125. The highest BCUT2D eigenvalue weighted by Crippen LogP contribution is 2.59. The van der Waals surface area contributed by atoms with Crippen molar-refractivity contribution in [1.29, 1.82) is 0 Å². The number of ether oxygens (including phenoxy) is 1. The SMILES string of the molecule is CCc1ccc(Oc2cnc3cc(Cl)ccc3n2)cc1C1C(=O)[C@@H]2[C@@H]3CC[C@@H](C3)[C@@H]2C1=O. The molecule has 0 amide bonds. The third-order valence-electron chi connectivity index (χ3n) is 7.66. The molecule has 162 valence electrons. The van der Waals surface area contributed by atoms with Gasteiger partial charge in [-0.1, -0.05) is 24.6 Å². The smallest absolute Gasteiger partial charge is 0.238 e. The van der Waals surface area contributed by atoms with Crippen molar-refractivity contribution in [3.63, 3.8) is 0 Å². The molecule has 0 spiro atoms. The summed E-state index contributed by atoms with van der Waals surface area (Å²) < 4.78 is 6.01. The number of carbonyl (C=O) groups excluding carboxylic acids is 2. The Morgan fingerprint density at radius 2 is 1.75 bits per heavy atom. The van der Waals surface area contributed by atoms with E-state index in [1.54, 1.807) is 24.4 Å². The summed E-state index contributed by atoms with van der Waals surface area (Å²) in [7, 11) is 0. The van der Waals surface area contributed by atoms with Gasteiger partial charge in [0, 0.05) is 16.9 Å². The van der Waals surface area contributed by atoms with Gasteiger partial charge in [-0.3, -0.25) is 9.59 Å². The summed E-state index contributed by atoms with van der Waals surface area (Å²) in [6, 6.07) is 11.0. The van der Waals surface area contributed by atoms with Crippen molar-refractivity contribution < 1.29 is 14.3 Å². The second kappa shape index (κ2) is 7.38. The molecule has 0 radical (unpaired) electrons. The molecule has 5 atom stereocenters. The third kappa shape index (κ3) is 2.98. The minimum absolute atomic E-state index is 0.0706. The number of aromatic nitrogens is 2. The Kier molecular flexibility index (Phi) is 4.58. The molecule has 6 heteroatoms. The topological polar surface area (TPSA) is 69.2 Å². The van der Waals surface area contributed by atoms with E-state index in [4.69, 9.17) is 16.3 Å². The first-order valence-corrected chi connectivity index (χ1v) is 11.7. The number of hydrogen-bond acceptors (Lipinski definition) is 5. The summed E-state index contributed by atoms with van der Waals surface area (Å²) in [5.74, 6) is 1.17. The van der Waals surface area contributed by atoms with Crippen LogP contribution in [0, 0.1) is 23.7 Å². The summed E-state index contributed by atoms with van der Waals surface area (Å²) in [6.45, 7) is 2.05. The maximum Gasteiger partial charge on any atom is 0.238 e. The quantitative estimate of drug-likeness (QED) is 0.492. The molecule has 0 saturated heterocycles. The standard InChI is InChI=1S/C26H23ClN2O3/c1-2-13-5-7-17(32-21-12-28-20-10-16(27)6-8-19(20)29-21)11-18(13)24-25(30)22-14-3-4-15(9-14)23(22)26(24)31/h5-8,10-12,14-15,22-24H,2-4,9H2,1H3/t14-,15+,22-,23+,24?. The number of carbonyl (C=O) groups is 2. The normalized spacial score (nSPS) is 28.5. The molecule has 3 aliphatic rings. The Morgan fingerprint density at radius 3 is 2.47 bits per heavy atom. The van der Waals surface area contributed by atoms with Crippen LogP contribution in [0.15, 0.2) is 42.6 Å². The van der Waals surface area contributed by atoms with Gasteiger partial charge in [-0.05, 0) is 79.0 Å². The molecule has 2 bridgehead atoms. The van der Waals surface area contributed by atoms with Crippen LogP contribution in [-0.2, 0) is 16.0 Å². The van der Waals surface area contributed by atoms with Gasteiger partial charge in [0.15, 0.2) is 11.6 Å². The fraction of sp³-hybridized carbons (Fsp3) is 0.385. The number of rotatable bonds is 4.